The molecule has 1 aromatic carbocycles. The van der Waals surface area contributed by atoms with Gasteiger partial charge in [-0.25, -0.2) is 0 Å². The van der Waals surface area contributed by atoms with E-state index in [2.05, 4.69) is 31.1 Å². The van der Waals surface area contributed by atoms with Gasteiger partial charge < -0.3 is 14.8 Å². The minimum Gasteiger partial charge on any atom is -0.494 e. The minimum atomic E-state index is -0.0412. The summed E-state index contributed by atoms with van der Waals surface area (Å²) in [5, 5.41) is 3.32. The Bertz CT molecular complexity index is 591. The van der Waals surface area contributed by atoms with Gasteiger partial charge in [0.2, 0.25) is 5.88 Å². The summed E-state index contributed by atoms with van der Waals surface area (Å²) < 4.78 is 11.3. The SMILES string of the molecule is CCOc1cccc(Oc2cccc(NC(C)(C)C)n2)c1. The molecule has 21 heavy (non-hydrogen) atoms. The molecule has 1 heterocycles. The summed E-state index contributed by atoms with van der Waals surface area (Å²) in [5.41, 5.74) is -0.0412. The number of hydrogen-bond donors (Lipinski definition) is 1. The van der Waals surface area contributed by atoms with E-state index in [-0.39, 0.29) is 5.54 Å². The molecule has 0 aliphatic carbocycles. The van der Waals surface area contributed by atoms with E-state index in [0.717, 1.165) is 11.6 Å². The largest absolute Gasteiger partial charge is 0.494 e. The molecule has 112 valence electrons. The molecule has 1 aromatic heterocycles. The molecule has 4 nitrogen and oxygen atoms in total. The number of pyridine rings is 1. The van der Waals surface area contributed by atoms with Crippen LogP contribution in [0.15, 0.2) is 42.5 Å². The summed E-state index contributed by atoms with van der Waals surface area (Å²) in [6, 6.07) is 13.2. The summed E-state index contributed by atoms with van der Waals surface area (Å²) >= 11 is 0. The van der Waals surface area contributed by atoms with Crippen molar-refractivity contribution in [3.05, 3.63) is 42.5 Å². The van der Waals surface area contributed by atoms with Crippen LogP contribution in [0, 0.1) is 0 Å². The highest BCUT2D eigenvalue weighted by Crippen LogP contribution is 2.25. The number of rotatable bonds is 5. The third kappa shape index (κ3) is 4.99. The molecule has 2 aromatic rings. The second kappa shape index (κ2) is 6.48. The molecule has 4 heteroatoms. The Morgan fingerprint density at radius 2 is 1.76 bits per heavy atom. The first kappa shape index (κ1) is 15.2. The lowest BCUT2D eigenvalue weighted by atomic mass is 10.1. The Morgan fingerprint density at radius 3 is 2.48 bits per heavy atom. The van der Waals surface area contributed by atoms with Crippen molar-refractivity contribution in [3.63, 3.8) is 0 Å². The second-order valence-corrected chi connectivity index (χ2v) is 5.75. The molecular formula is C17H22N2O2. The molecule has 0 radical (unpaired) electrons. The first-order chi connectivity index (χ1) is 9.96. The summed E-state index contributed by atoms with van der Waals surface area (Å²) in [6.45, 7) is 8.86. The summed E-state index contributed by atoms with van der Waals surface area (Å²) in [6.07, 6.45) is 0. The lowest BCUT2D eigenvalue weighted by Gasteiger charge is -2.21. The number of aromatic nitrogens is 1. The molecule has 2 rings (SSSR count). The topological polar surface area (TPSA) is 43.4 Å². The van der Waals surface area contributed by atoms with Crippen LogP contribution in [0.25, 0.3) is 0 Å². The standard InChI is InChI=1S/C17H22N2O2/c1-5-20-13-8-6-9-14(12-13)21-16-11-7-10-15(18-16)19-17(2,3)4/h6-12H,5H2,1-4H3,(H,18,19). The van der Waals surface area contributed by atoms with Gasteiger partial charge in [0.25, 0.3) is 0 Å². The van der Waals surface area contributed by atoms with Gasteiger partial charge in [-0.15, -0.1) is 0 Å². The van der Waals surface area contributed by atoms with Crippen LogP contribution in [-0.4, -0.2) is 17.1 Å². The van der Waals surface area contributed by atoms with Crippen LogP contribution < -0.4 is 14.8 Å². The van der Waals surface area contributed by atoms with Gasteiger partial charge in [0.15, 0.2) is 0 Å². The molecule has 0 bridgehead atoms. The van der Waals surface area contributed by atoms with E-state index in [1.807, 2.05) is 49.4 Å². The summed E-state index contributed by atoms with van der Waals surface area (Å²) in [4.78, 5) is 4.45. The van der Waals surface area contributed by atoms with Crippen LogP contribution in [0.2, 0.25) is 0 Å². The monoisotopic (exact) mass is 286 g/mol. The van der Waals surface area contributed by atoms with E-state index in [4.69, 9.17) is 9.47 Å². The lowest BCUT2D eigenvalue weighted by Crippen LogP contribution is -2.26. The number of nitrogens with zero attached hydrogens (tertiary/aromatic N) is 1. The molecule has 0 aliphatic rings. The van der Waals surface area contributed by atoms with Crippen molar-refractivity contribution in [3.8, 4) is 17.4 Å². The van der Waals surface area contributed by atoms with E-state index in [9.17, 15) is 0 Å². The van der Waals surface area contributed by atoms with Gasteiger partial charge >= 0.3 is 0 Å². The van der Waals surface area contributed by atoms with Crippen molar-refractivity contribution in [2.45, 2.75) is 33.2 Å². The molecule has 1 N–H and O–H groups in total. The fraction of sp³-hybridized carbons (Fsp3) is 0.353. The molecule has 0 unspecified atom stereocenters. The average molecular weight is 286 g/mol. The van der Waals surface area contributed by atoms with Crippen molar-refractivity contribution in [1.82, 2.24) is 4.98 Å². The first-order valence-corrected chi connectivity index (χ1v) is 7.12. The summed E-state index contributed by atoms with van der Waals surface area (Å²) in [7, 11) is 0. The van der Waals surface area contributed by atoms with Crippen LogP contribution in [0.4, 0.5) is 5.82 Å². The number of nitrogens with one attached hydrogen (secondary N) is 1. The van der Waals surface area contributed by atoms with E-state index >= 15 is 0 Å². The van der Waals surface area contributed by atoms with Gasteiger partial charge in [0.05, 0.1) is 6.61 Å². The number of anilines is 1. The highest BCUT2D eigenvalue weighted by atomic mass is 16.5. The van der Waals surface area contributed by atoms with Gasteiger partial charge in [-0.3, -0.25) is 0 Å². The van der Waals surface area contributed by atoms with Crippen molar-refractivity contribution in [2.24, 2.45) is 0 Å². The maximum Gasteiger partial charge on any atom is 0.221 e. The Labute approximate surface area is 126 Å². The van der Waals surface area contributed by atoms with Crippen molar-refractivity contribution < 1.29 is 9.47 Å². The van der Waals surface area contributed by atoms with E-state index in [1.54, 1.807) is 0 Å². The van der Waals surface area contributed by atoms with Crippen LogP contribution in [0.3, 0.4) is 0 Å². The molecular weight excluding hydrogens is 264 g/mol. The molecule has 0 fully saturated rings. The first-order valence-electron chi connectivity index (χ1n) is 7.12. The van der Waals surface area contributed by atoms with E-state index in [1.165, 1.54) is 0 Å². The van der Waals surface area contributed by atoms with E-state index in [0.29, 0.717) is 18.2 Å². The maximum absolute atomic E-state index is 5.79. The minimum absolute atomic E-state index is 0.0412. The third-order valence-corrected chi connectivity index (χ3v) is 2.57. The zero-order valence-corrected chi connectivity index (χ0v) is 13.0. The highest BCUT2D eigenvalue weighted by Gasteiger charge is 2.10. The molecule has 0 amide bonds. The van der Waals surface area contributed by atoms with Gasteiger partial charge in [-0.1, -0.05) is 12.1 Å². The number of ether oxygens (including phenoxy) is 2. The molecule has 0 aliphatic heterocycles. The fourth-order valence-electron chi connectivity index (χ4n) is 1.84. The Kier molecular flexibility index (Phi) is 4.68. The zero-order chi connectivity index (χ0) is 15.3. The Balaban J connectivity index is 2.12. The van der Waals surface area contributed by atoms with Gasteiger partial charge in [-0.2, -0.15) is 4.98 Å². The van der Waals surface area contributed by atoms with Crippen molar-refractivity contribution in [2.75, 3.05) is 11.9 Å². The zero-order valence-electron chi connectivity index (χ0n) is 13.0. The van der Waals surface area contributed by atoms with Crippen LogP contribution >= 0.6 is 0 Å². The average Bonchev–Trinajstić information content (AvgIpc) is 2.38. The highest BCUT2D eigenvalue weighted by molar-refractivity contribution is 5.41. The predicted octanol–water partition coefficient (Wildman–Crippen LogP) is 4.48. The van der Waals surface area contributed by atoms with Crippen molar-refractivity contribution >= 4 is 5.82 Å². The molecule has 0 saturated carbocycles. The second-order valence-electron chi connectivity index (χ2n) is 5.75. The van der Waals surface area contributed by atoms with Crippen LogP contribution in [0.1, 0.15) is 27.7 Å². The third-order valence-electron chi connectivity index (χ3n) is 2.57. The maximum atomic E-state index is 5.79. The normalized spacial score (nSPS) is 11.0. The molecule has 0 atom stereocenters. The number of hydrogen-bond acceptors (Lipinski definition) is 4. The lowest BCUT2D eigenvalue weighted by molar-refractivity contribution is 0.338. The van der Waals surface area contributed by atoms with Crippen molar-refractivity contribution in [1.29, 1.82) is 0 Å². The molecule has 0 saturated heterocycles. The molecule has 0 spiro atoms. The Hall–Kier alpha value is -2.23. The van der Waals surface area contributed by atoms with Gasteiger partial charge in [0, 0.05) is 17.7 Å². The Morgan fingerprint density at radius 1 is 1.05 bits per heavy atom. The smallest absolute Gasteiger partial charge is 0.221 e. The van der Waals surface area contributed by atoms with Crippen LogP contribution in [-0.2, 0) is 0 Å². The summed E-state index contributed by atoms with van der Waals surface area (Å²) in [5.74, 6) is 2.85. The van der Waals surface area contributed by atoms with Crippen LogP contribution in [0.5, 0.6) is 17.4 Å². The van der Waals surface area contributed by atoms with Gasteiger partial charge in [0.1, 0.15) is 17.3 Å². The number of benzene rings is 1. The van der Waals surface area contributed by atoms with Gasteiger partial charge in [-0.05, 0) is 45.9 Å². The fourth-order valence-corrected chi connectivity index (χ4v) is 1.84. The van der Waals surface area contributed by atoms with E-state index < -0.39 is 0 Å². The quantitative estimate of drug-likeness (QED) is 0.880. The predicted molar refractivity (Wildman–Crippen MR) is 85.3 cm³/mol.